The van der Waals surface area contributed by atoms with Crippen LogP contribution in [0.1, 0.15) is 25.5 Å². The first-order valence-electron chi connectivity index (χ1n) is 10.1. The van der Waals surface area contributed by atoms with Crippen molar-refractivity contribution < 1.29 is 19.1 Å². The number of carboxylic acids is 1. The molecule has 2 atom stereocenters. The van der Waals surface area contributed by atoms with Crippen molar-refractivity contribution in [3.8, 4) is 11.3 Å². The molecule has 0 spiro atoms. The Morgan fingerprint density at radius 3 is 3.03 bits per heavy atom. The monoisotopic (exact) mass is 407 g/mol. The Morgan fingerprint density at radius 2 is 2.27 bits per heavy atom. The van der Waals surface area contributed by atoms with Gasteiger partial charge in [0.25, 0.3) is 0 Å². The molecule has 4 rings (SSSR count). The fraction of sp³-hybridized carbons (Fsp3) is 0.348. The van der Waals surface area contributed by atoms with Crippen LogP contribution in [-0.4, -0.2) is 47.3 Å². The molecule has 3 heterocycles. The summed E-state index contributed by atoms with van der Waals surface area (Å²) in [5.41, 5.74) is 3.29. The second kappa shape index (κ2) is 8.67. The van der Waals surface area contributed by atoms with Gasteiger partial charge in [-0.1, -0.05) is 6.08 Å². The highest BCUT2D eigenvalue weighted by atomic mass is 16.5. The zero-order chi connectivity index (χ0) is 21.1. The number of aliphatic carboxylic acids is 1. The summed E-state index contributed by atoms with van der Waals surface area (Å²) in [5.74, 6) is -0.275. The van der Waals surface area contributed by atoms with Crippen molar-refractivity contribution in [3.63, 3.8) is 0 Å². The fourth-order valence-corrected chi connectivity index (χ4v) is 3.97. The number of methoxy groups -OCH3 is 1. The van der Waals surface area contributed by atoms with Crippen LogP contribution in [0.5, 0.6) is 0 Å². The molecule has 7 heteroatoms. The number of ether oxygens (including phenoxy) is 1. The second-order valence-corrected chi connectivity index (χ2v) is 7.60. The first-order chi connectivity index (χ1) is 14.6. The first-order valence-corrected chi connectivity index (χ1v) is 10.1. The maximum atomic E-state index is 11.5. The van der Waals surface area contributed by atoms with Crippen LogP contribution in [0.4, 0.5) is 5.82 Å². The van der Waals surface area contributed by atoms with Crippen LogP contribution in [-0.2, 0) is 9.53 Å². The van der Waals surface area contributed by atoms with Crippen molar-refractivity contribution in [2.24, 2.45) is 5.92 Å². The van der Waals surface area contributed by atoms with E-state index in [1.54, 1.807) is 19.6 Å². The minimum atomic E-state index is -0.727. The molecular formula is C23H25N3O4. The molecule has 3 aromatic rings. The Balaban J connectivity index is 1.74. The lowest BCUT2D eigenvalue weighted by atomic mass is 9.91. The maximum absolute atomic E-state index is 11.5. The van der Waals surface area contributed by atoms with E-state index in [0.717, 1.165) is 33.7 Å². The van der Waals surface area contributed by atoms with Gasteiger partial charge in [-0.25, -0.2) is 4.98 Å². The number of aromatic nitrogens is 2. The van der Waals surface area contributed by atoms with Gasteiger partial charge in [0.05, 0.1) is 30.7 Å². The highest BCUT2D eigenvalue weighted by Gasteiger charge is 2.32. The summed E-state index contributed by atoms with van der Waals surface area (Å²) in [6, 6.07) is 7.93. The molecule has 0 amide bonds. The molecule has 1 aliphatic heterocycles. The Morgan fingerprint density at radius 1 is 1.40 bits per heavy atom. The molecule has 1 fully saturated rings. The van der Waals surface area contributed by atoms with Crippen LogP contribution in [0.3, 0.4) is 0 Å². The van der Waals surface area contributed by atoms with Crippen LogP contribution in [0.25, 0.3) is 28.3 Å². The number of piperidine rings is 1. The topological polar surface area (TPSA) is 88.7 Å². The standard InChI is InChI=1S/C23H25N3O4/c1-15-12-18(23(27)28)7-9-26(15)22-21(24-14-19(25-22)4-3-10-29-2)17-5-6-20-16(13-17)8-11-30-20/h3-6,8,11,13-15,18H,7,9-10,12H2,1-2H3,(H,27,28)/b4-3+. The third-order valence-corrected chi connectivity index (χ3v) is 5.55. The SMILES string of the molecule is COC/C=C/c1cnc(-c2ccc3occc3c2)c(N2CCC(C(=O)O)CC2C)n1. The number of hydrogen-bond acceptors (Lipinski definition) is 6. The van der Waals surface area contributed by atoms with E-state index in [1.807, 2.05) is 43.3 Å². The van der Waals surface area contributed by atoms with Gasteiger partial charge >= 0.3 is 5.97 Å². The lowest BCUT2D eigenvalue weighted by Gasteiger charge is -2.37. The van der Waals surface area contributed by atoms with E-state index in [0.29, 0.717) is 26.0 Å². The number of carbonyl (C=O) groups is 1. The quantitative estimate of drug-likeness (QED) is 0.654. The van der Waals surface area contributed by atoms with Crippen molar-refractivity contribution >= 4 is 28.8 Å². The molecule has 30 heavy (non-hydrogen) atoms. The highest BCUT2D eigenvalue weighted by Crippen LogP contribution is 2.34. The van der Waals surface area contributed by atoms with Gasteiger partial charge < -0.3 is 19.2 Å². The van der Waals surface area contributed by atoms with Crippen molar-refractivity contribution in [2.75, 3.05) is 25.2 Å². The Bertz CT molecular complexity index is 1080. The molecule has 1 aliphatic rings. The molecule has 1 saturated heterocycles. The van der Waals surface area contributed by atoms with E-state index in [9.17, 15) is 9.90 Å². The molecule has 0 radical (unpaired) electrons. The number of carboxylic acid groups (broad SMARTS) is 1. The summed E-state index contributed by atoms with van der Waals surface area (Å²) >= 11 is 0. The average molecular weight is 407 g/mol. The molecule has 0 bridgehead atoms. The number of benzene rings is 1. The lowest BCUT2D eigenvalue weighted by molar-refractivity contribution is -0.142. The van der Waals surface area contributed by atoms with Gasteiger partial charge in [-0.15, -0.1) is 0 Å². The van der Waals surface area contributed by atoms with E-state index in [2.05, 4.69) is 4.90 Å². The number of nitrogens with zero attached hydrogens (tertiary/aromatic N) is 3. The molecule has 1 aromatic carbocycles. The second-order valence-electron chi connectivity index (χ2n) is 7.60. The number of hydrogen-bond donors (Lipinski definition) is 1. The van der Waals surface area contributed by atoms with Gasteiger partial charge in [0, 0.05) is 30.6 Å². The fourth-order valence-electron chi connectivity index (χ4n) is 3.97. The van der Waals surface area contributed by atoms with Crippen molar-refractivity contribution in [1.29, 1.82) is 0 Å². The van der Waals surface area contributed by atoms with Crippen LogP contribution in [0.15, 0.2) is 47.2 Å². The number of fused-ring (bicyclic) bond motifs is 1. The van der Waals surface area contributed by atoms with Crippen LogP contribution in [0, 0.1) is 5.92 Å². The summed E-state index contributed by atoms with van der Waals surface area (Å²) in [4.78, 5) is 23.3. The molecule has 0 saturated carbocycles. The summed E-state index contributed by atoms with van der Waals surface area (Å²) in [6.45, 7) is 3.17. The molecule has 0 aliphatic carbocycles. The van der Waals surface area contributed by atoms with Gasteiger partial charge in [-0.05, 0) is 50.1 Å². The average Bonchev–Trinajstić information content (AvgIpc) is 3.21. The van der Waals surface area contributed by atoms with Gasteiger partial charge in [0.1, 0.15) is 11.3 Å². The molecule has 2 aromatic heterocycles. The lowest BCUT2D eigenvalue weighted by Crippen LogP contribution is -2.43. The largest absolute Gasteiger partial charge is 0.481 e. The normalized spacial score (nSPS) is 19.6. The van der Waals surface area contributed by atoms with Crippen LogP contribution < -0.4 is 4.90 Å². The number of anilines is 1. The summed E-state index contributed by atoms with van der Waals surface area (Å²) in [7, 11) is 1.64. The molecule has 2 unspecified atom stereocenters. The molecule has 156 valence electrons. The third-order valence-electron chi connectivity index (χ3n) is 5.55. The van der Waals surface area contributed by atoms with Crippen LogP contribution in [0.2, 0.25) is 0 Å². The van der Waals surface area contributed by atoms with E-state index in [1.165, 1.54) is 0 Å². The Hall–Kier alpha value is -3.19. The first kappa shape index (κ1) is 20.1. The molecule has 1 N–H and O–H groups in total. The zero-order valence-electron chi connectivity index (χ0n) is 17.1. The Labute approximate surface area is 175 Å². The van der Waals surface area contributed by atoms with Crippen LogP contribution >= 0.6 is 0 Å². The number of furan rings is 1. The van der Waals surface area contributed by atoms with E-state index in [-0.39, 0.29) is 12.0 Å². The highest BCUT2D eigenvalue weighted by molar-refractivity contribution is 5.85. The van der Waals surface area contributed by atoms with E-state index >= 15 is 0 Å². The van der Waals surface area contributed by atoms with E-state index < -0.39 is 5.97 Å². The predicted molar refractivity (Wildman–Crippen MR) is 115 cm³/mol. The van der Waals surface area contributed by atoms with Crippen molar-refractivity contribution in [1.82, 2.24) is 9.97 Å². The minimum Gasteiger partial charge on any atom is -0.481 e. The Kier molecular flexibility index (Phi) is 5.81. The maximum Gasteiger partial charge on any atom is 0.306 e. The summed E-state index contributed by atoms with van der Waals surface area (Å²) < 4.78 is 10.5. The van der Waals surface area contributed by atoms with Gasteiger partial charge in [0.15, 0.2) is 5.82 Å². The van der Waals surface area contributed by atoms with E-state index in [4.69, 9.17) is 19.1 Å². The minimum absolute atomic E-state index is 0.0451. The smallest absolute Gasteiger partial charge is 0.306 e. The summed E-state index contributed by atoms with van der Waals surface area (Å²) in [6.07, 6.45) is 8.37. The van der Waals surface area contributed by atoms with Gasteiger partial charge in [-0.2, -0.15) is 0 Å². The number of rotatable bonds is 6. The zero-order valence-corrected chi connectivity index (χ0v) is 17.1. The third kappa shape index (κ3) is 4.07. The predicted octanol–water partition coefficient (Wildman–Crippen LogP) is 4.24. The summed E-state index contributed by atoms with van der Waals surface area (Å²) in [5, 5.41) is 10.4. The molecule has 7 nitrogen and oxygen atoms in total. The van der Waals surface area contributed by atoms with Crippen molar-refractivity contribution in [3.05, 3.63) is 48.5 Å². The molecular weight excluding hydrogens is 382 g/mol. The van der Waals surface area contributed by atoms with Gasteiger partial charge in [0.2, 0.25) is 0 Å². The van der Waals surface area contributed by atoms with Crippen molar-refractivity contribution in [2.45, 2.75) is 25.8 Å². The van der Waals surface area contributed by atoms with Gasteiger partial charge in [-0.3, -0.25) is 9.78 Å².